The van der Waals surface area contributed by atoms with Crippen LogP contribution in [0.15, 0.2) is 0 Å². The molecule has 0 aromatic rings. The average molecular weight is 191 g/mol. The Balaban J connectivity index is 3.22. The highest BCUT2D eigenvalue weighted by molar-refractivity contribution is 6.70. The van der Waals surface area contributed by atoms with Gasteiger partial charge in [-0.3, -0.25) is 4.79 Å². The van der Waals surface area contributed by atoms with Gasteiger partial charge < -0.3 is 8.85 Å². The van der Waals surface area contributed by atoms with Crippen molar-refractivity contribution in [1.29, 1.82) is 0 Å². The first-order valence-electron chi connectivity index (χ1n) is 3.54. The van der Waals surface area contributed by atoms with E-state index >= 15 is 0 Å². The van der Waals surface area contributed by atoms with Crippen LogP contribution in [0.3, 0.4) is 0 Å². The molecule has 0 spiro atoms. The minimum absolute atomic E-state index is 0.209. The van der Waals surface area contributed by atoms with Crippen molar-refractivity contribution >= 4 is 24.0 Å². The molecule has 0 rings (SSSR count). The molecule has 0 atom stereocenters. The van der Waals surface area contributed by atoms with Gasteiger partial charge in [0.05, 0.1) is 6.23 Å². The molecule has 0 unspecified atom stereocenters. The third-order valence-electron chi connectivity index (χ3n) is 0.834. The monoisotopic (exact) mass is 191 g/mol. The molecule has 5 heteroatoms. The summed E-state index contributed by atoms with van der Waals surface area (Å²) in [5.41, 5.74) is 0. The molecule has 0 aromatic carbocycles. The first kappa shape index (κ1) is 10.9. The van der Waals surface area contributed by atoms with Gasteiger partial charge in [-0.05, 0) is 19.6 Å². The van der Waals surface area contributed by atoms with Crippen LogP contribution in [0.2, 0.25) is 19.6 Å². The van der Waals surface area contributed by atoms with Crippen molar-refractivity contribution in [3.63, 3.8) is 0 Å². The van der Waals surface area contributed by atoms with Crippen molar-refractivity contribution < 1.29 is 13.6 Å². The van der Waals surface area contributed by atoms with Gasteiger partial charge in [-0.2, -0.15) is 0 Å². The molecule has 0 aliphatic heterocycles. The lowest BCUT2D eigenvalue weighted by molar-refractivity contribution is -0.132. The van der Waals surface area contributed by atoms with Gasteiger partial charge in [-0.25, -0.2) is 0 Å². The molecule has 0 N–H and O–H groups in total. The third kappa shape index (κ3) is 9.86. The Hall–Kier alpha value is -0.136. The van der Waals surface area contributed by atoms with Crippen molar-refractivity contribution in [1.82, 2.24) is 0 Å². The standard InChI is InChI=1S/C6H15O3Si2/c1-6(7)9-10-5-8-11(2,3)4/h10H,5H2,1-4H3. The van der Waals surface area contributed by atoms with E-state index in [0.717, 1.165) is 0 Å². The van der Waals surface area contributed by atoms with E-state index in [1.165, 1.54) is 6.92 Å². The molecule has 0 bridgehead atoms. The topological polar surface area (TPSA) is 35.5 Å². The van der Waals surface area contributed by atoms with Gasteiger partial charge in [0.2, 0.25) is 0 Å². The third-order valence-corrected chi connectivity index (χ3v) is 3.00. The molecule has 1 radical (unpaired) electrons. The van der Waals surface area contributed by atoms with Crippen molar-refractivity contribution in [2.45, 2.75) is 26.6 Å². The number of hydrogen-bond donors (Lipinski definition) is 0. The van der Waals surface area contributed by atoms with Gasteiger partial charge in [0.1, 0.15) is 0 Å². The van der Waals surface area contributed by atoms with Crippen LogP contribution in [0.4, 0.5) is 0 Å². The zero-order valence-corrected chi connectivity index (χ0v) is 9.66. The van der Waals surface area contributed by atoms with Crippen molar-refractivity contribution in [3.05, 3.63) is 0 Å². The van der Waals surface area contributed by atoms with Crippen LogP contribution >= 0.6 is 0 Å². The number of rotatable bonds is 4. The normalized spacial score (nSPS) is 11.3. The molecule has 0 aliphatic rings. The maximum atomic E-state index is 10.3. The van der Waals surface area contributed by atoms with E-state index in [1.54, 1.807) is 0 Å². The molecule has 0 heterocycles. The summed E-state index contributed by atoms with van der Waals surface area (Å²) in [4.78, 5) is 10.3. The minimum Gasteiger partial charge on any atom is -0.519 e. The lowest BCUT2D eigenvalue weighted by Crippen LogP contribution is -2.28. The molecule has 0 fully saturated rings. The van der Waals surface area contributed by atoms with Crippen LogP contribution in [0, 0.1) is 0 Å². The summed E-state index contributed by atoms with van der Waals surface area (Å²) >= 11 is 0. The lowest BCUT2D eigenvalue weighted by atomic mass is 10.9. The van der Waals surface area contributed by atoms with Gasteiger partial charge >= 0.3 is 0 Å². The van der Waals surface area contributed by atoms with Crippen molar-refractivity contribution in [2.75, 3.05) is 6.23 Å². The van der Waals surface area contributed by atoms with Crippen LogP contribution in [-0.2, 0) is 13.6 Å². The Labute approximate surface area is 71.2 Å². The van der Waals surface area contributed by atoms with Crippen LogP contribution in [0.1, 0.15) is 6.92 Å². The Morgan fingerprint density at radius 3 is 2.36 bits per heavy atom. The maximum absolute atomic E-state index is 10.3. The summed E-state index contributed by atoms with van der Waals surface area (Å²) in [6.45, 7) is 7.75. The van der Waals surface area contributed by atoms with Gasteiger partial charge in [-0.1, -0.05) is 0 Å². The molecular formula is C6H15O3Si2. The second-order valence-electron chi connectivity index (χ2n) is 3.20. The maximum Gasteiger partial charge on any atom is 0.291 e. The van der Waals surface area contributed by atoms with Crippen molar-refractivity contribution in [2.24, 2.45) is 0 Å². The predicted molar refractivity (Wildman–Crippen MR) is 48.2 cm³/mol. The second-order valence-corrected chi connectivity index (χ2v) is 8.62. The summed E-state index contributed by atoms with van der Waals surface area (Å²) in [5, 5.41) is 0. The first-order valence-corrected chi connectivity index (χ1v) is 8.24. The average Bonchev–Trinajstić information content (AvgIpc) is 1.78. The largest absolute Gasteiger partial charge is 0.519 e. The number of hydrogen-bond acceptors (Lipinski definition) is 3. The van der Waals surface area contributed by atoms with Crippen molar-refractivity contribution in [3.8, 4) is 0 Å². The molecule has 0 saturated heterocycles. The van der Waals surface area contributed by atoms with Crippen LogP contribution in [0.5, 0.6) is 0 Å². The van der Waals surface area contributed by atoms with Gasteiger partial charge in [0, 0.05) is 6.92 Å². The summed E-state index contributed by atoms with van der Waals surface area (Å²) in [6.07, 6.45) is 0.606. The van der Waals surface area contributed by atoms with E-state index in [4.69, 9.17) is 8.85 Å². The van der Waals surface area contributed by atoms with E-state index in [9.17, 15) is 4.79 Å². The fourth-order valence-electron chi connectivity index (χ4n) is 0.435. The van der Waals surface area contributed by atoms with Gasteiger partial charge in [-0.15, -0.1) is 0 Å². The first-order chi connectivity index (χ1) is 4.92. The number of carbonyl (C=O) groups is 1. The Morgan fingerprint density at radius 2 is 2.00 bits per heavy atom. The van der Waals surface area contributed by atoms with Gasteiger partial charge in [0.15, 0.2) is 8.32 Å². The lowest BCUT2D eigenvalue weighted by Gasteiger charge is -2.15. The van der Waals surface area contributed by atoms with Gasteiger partial charge in [0.25, 0.3) is 15.7 Å². The zero-order chi connectivity index (χ0) is 8.91. The van der Waals surface area contributed by atoms with E-state index in [2.05, 4.69) is 19.6 Å². The highest BCUT2D eigenvalue weighted by atomic mass is 28.4. The molecule has 0 amide bonds. The molecule has 65 valence electrons. The Morgan fingerprint density at radius 1 is 1.45 bits per heavy atom. The van der Waals surface area contributed by atoms with E-state index in [-0.39, 0.29) is 15.7 Å². The Bertz CT molecular complexity index is 130. The molecule has 0 saturated carbocycles. The molecule has 0 aliphatic carbocycles. The molecule has 3 nitrogen and oxygen atoms in total. The highest BCUT2D eigenvalue weighted by Gasteiger charge is 2.13. The van der Waals surface area contributed by atoms with E-state index in [0.29, 0.717) is 6.23 Å². The number of carbonyl (C=O) groups excluding carboxylic acids is 1. The fraction of sp³-hybridized carbons (Fsp3) is 0.833. The summed E-state index contributed by atoms with van der Waals surface area (Å²) in [6, 6.07) is 0. The highest BCUT2D eigenvalue weighted by Crippen LogP contribution is 2.00. The Kier molecular flexibility index (Phi) is 4.63. The van der Waals surface area contributed by atoms with Crippen LogP contribution < -0.4 is 0 Å². The van der Waals surface area contributed by atoms with Crippen LogP contribution in [-0.4, -0.2) is 30.3 Å². The van der Waals surface area contributed by atoms with Crippen LogP contribution in [0.25, 0.3) is 0 Å². The molecular weight excluding hydrogens is 176 g/mol. The predicted octanol–water partition coefficient (Wildman–Crippen LogP) is 0.710. The van der Waals surface area contributed by atoms with E-state index in [1.807, 2.05) is 0 Å². The fourth-order valence-corrected chi connectivity index (χ4v) is 3.01. The second kappa shape index (κ2) is 4.68. The summed E-state index contributed by atoms with van der Waals surface area (Å²) in [7, 11) is -1.70. The summed E-state index contributed by atoms with van der Waals surface area (Å²) < 4.78 is 10.3. The molecule has 0 aromatic heterocycles. The quantitative estimate of drug-likeness (QED) is 0.485. The minimum atomic E-state index is -1.40. The molecule has 11 heavy (non-hydrogen) atoms. The summed E-state index contributed by atoms with van der Waals surface area (Å²) in [5.74, 6) is -0.209. The zero-order valence-electron chi connectivity index (χ0n) is 7.51. The smallest absolute Gasteiger partial charge is 0.291 e. The van der Waals surface area contributed by atoms with E-state index < -0.39 is 8.32 Å². The SMILES string of the molecule is CC(=O)O[SiH]CO[Si](C)(C)C.